The Labute approximate surface area is 135 Å². The molecule has 2 aliphatic heterocycles. The highest BCUT2D eigenvalue weighted by atomic mass is 16.5. The molecule has 2 aliphatic rings. The van der Waals surface area contributed by atoms with Crippen LogP contribution in [0.3, 0.4) is 0 Å². The first-order valence-electron chi connectivity index (χ1n) is 8.81. The van der Waals surface area contributed by atoms with E-state index in [2.05, 4.69) is 50.2 Å². The Kier molecular flexibility index (Phi) is 6.24. The third kappa shape index (κ3) is 4.43. The SMILES string of the molecule is CC1CN(C(C(=O)NC2CCCNC2C)C(C)C)CC(C)O1. The van der Waals surface area contributed by atoms with E-state index in [0.29, 0.717) is 12.0 Å². The Bertz CT molecular complexity index is 365. The number of carbonyl (C=O) groups is 1. The molecular weight excluding hydrogens is 278 g/mol. The van der Waals surface area contributed by atoms with Gasteiger partial charge < -0.3 is 15.4 Å². The maximum absolute atomic E-state index is 12.9. The third-order valence-corrected chi connectivity index (χ3v) is 4.83. The van der Waals surface area contributed by atoms with Crippen LogP contribution in [-0.4, -0.2) is 60.8 Å². The summed E-state index contributed by atoms with van der Waals surface area (Å²) in [6.45, 7) is 13.3. The molecule has 128 valence electrons. The van der Waals surface area contributed by atoms with Gasteiger partial charge in [0, 0.05) is 25.2 Å². The third-order valence-electron chi connectivity index (χ3n) is 4.83. The molecule has 2 fully saturated rings. The fraction of sp³-hybridized carbons (Fsp3) is 0.941. The fourth-order valence-electron chi connectivity index (χ4n) is 3.84. The summed E-state index contributed by atoms with van der Waals surface area (Å²) >= 11 is 0. The van der Waals surface area contributed by atoms with Crippen LogP contribution in [0.4, 0.5) is 0 Å². The van der Waals surface area contributed by atoms with Gasteiger partial charge in [-0.25, -0.2) is 0 Å². The van der Waals surface area contributed by atoms with Crippen molar-refractivity contribution in [3.05, 3.63) is 0 Å². The topological polar surface area (TPSA) is 53.6 Å². The Morgan fingerprint density at radius 2 is 1.86 bits per heavy atom. The van der Waals surface area contributed by atoms with Crippen molar-refractivity contribution in [2.24, 2.45) is 5.92 Å². The Hall–Kier alpha value is -0.650. The van der Waals surface area contributed by atoms with Crippen molar-refractivity contribution in [2.75, 3.05) is 19.6 Å². The molecule has 22 heavy (non-hydrogen) atoms. The van der Waals surface area contributed by atoms with Gasteiger partial charge in [-0.2, -0.15) is 0 Å². The predicted molar refractivity (Wildman–Crippen MR) is 88.8 cm³/mol. The van der Waals surface area contributed by atoms with Crippen LogP contribution < -0.4 is 10.6 Å². The van der Waals surface area contributed by atoms with Gasteiger partial charge in [-0.1, -0.05) is 13.8 Å². The minimum Gasteiger partial charge on any atom is -0.373 e. The number of nitrogens with one attached hydrogen (secondary N) is 2. The molecule has 2 heterocycles. The minimum absolute atomic E-state index is 0.0667. The lowest BCUT2D eigenvalue weighted by Gasteiger charge is -2.42. The largest absolute Gasteiger partial charge is 0.373 e. The molecule has 5 nitrogen and oxygen atoms in total. The van der Waals surface area contributed by atoms with Crippen molar-refractivity contribution < 1.29 is 9.53 Å². The second kappa shape index (κ2) is 7.75. The second-order valence-electron chi connectivity index (χ2n) is 7.40. The first-order chi connectivity index (χ1) is 10.4. The van der Waals surface area contributed by atoms with Gasteiger partial charge in [0.05, 0.1) is 18.2 Å². The van der Waals surface area contributed by atoms with E-state index < -0.39 is 0 Å². The van der Waals surface area contributed by atoms with E-state index in [0.717, 1.165) is 32.5 Å². The highest BCUT2D eigenvalue weighted by Crippen LogP contribution is 2.19. The summed E-state index contributed by atoms with van der Waals surface area (Å²) in [7, 11) is 0. The van der Waals surface area contributed by atoms with E-state index in [1.165, 1.54) is 0 Å². The summed E-state index contributed by atoms with van der Waals surface area (Å²) in [5, 5.41) is 6.74. The van der Waals surface area contributed by atoms with Crippen LogP contribution >= 0.6 is 0 Å². The molecule has 1 amide bonds. The number of hydrogen-bond acceptors (Lipinski definition) is 4. The van der Waals surface area contributed by atoms with Crippen molar-refractivity contribution in [3.63, 3.8) is 0 Å². The van der Waals surface area contributed by atoms with Crippen molar-refractivity contribution in [2.45, 2.75) is 77.8 Å². The lowest BCUT2D eigenvalue weighted by Crippen LogP contribution is -2.60. The number of ether oxygens (including phenoxy) is 1. The molecule has 2 saturated heterocycles. The van der Waals surface area contributed by atoms with Crippen LogP contribution in [0.15, 0.2) is 0 Å². The molecule has 0 aromatic heterocycles. The van der Waals surface area contributed by atoms with Gasteiger partial charge in [0.25, 0.3) is 0 Å². The summed E-state index contributed by atoms with van der Waals surface area (Å²) in [5.41, 5.74) is 0. The van der Waals surface area contributed by atoms with Gasteiger partial charge in [-0.05, 0) is 46.1 Å². The summed E-state index contributed by atoms with van der Waals surface area (Å²) in [6.07, 6.45) is 2.58. The van der Waals surface area contributed by atoms with Crippen LogP contribution in [0.2, 0.25) is 0 Å². The number of nitrogens with zero attached hydrogens (tertiary/aromatic N) is 1. The number of hydrogen-bond donors (Lipinski definition) is 2. The van der Waals surface area contributed by atoms with Gasteiger partial charge in [0.1, 0.15) is 0 Å². The fourth-order valence-corrected chi connectivity index (χ4v) is 3.84. The van der Waals surface area contributed by atoms with Gasteiger partial charge >= 0.3 is 0 Å². The van der Waals surface area contributed by atoms with Crippen molar-refractivity contribution >= 4 is 5.91 Å². The lowest BCUT2D eigenvalue weighted by molar-refractivity contribution is -0.136. The van der Waals surface area contributed by atoms with E-state index in [-0.39, 0.29) is 30.2 Å². The Morgan fingerprint density at radius 1 is 1.23 bits per heavy atom. The number of rotatable bonds is 4. The number of morpholine rings is 1. The predicted octanol–water partition coefficient (Wildman–Crippen LogP) is 1.38. The molecule has 5 atom stereocenters. The zero-order chi connectivity index (χ0) is 16.3. The first-order valence-corrected chi connectivity index (χ1v) is 8.81. The van der Waals surface area contributed by atoms with Crippen LogP contribution in [0.5, 0.6) is 0 Å². The van der Waals surface area contributed by atoms with Crippen LogP contribution in [0.1, 0.15) is 47.5 Å². The van der Waals surface area contributed by atoms with Gasteiger partial charge in [0.15, 0.2) is 0 Å². The number of piperidine rings is 1. The number of carbonyl (C=O) groups excluding carboxylic acids is 1. The molecule has 0 aromatic rings. The average molecular weight is 311 g/mol. The normalized spacial score (nSPS) is 35.4. The van der Waals surface area contributed by atoms with Gasteiger partial charge in [-0.15, -0.1) is 0 Å². The zero-order valence-corrected chi connectivity index (χ0v) is 14.8. The maximum Gasteiger partial charge on any atom is 0.237 e. The summed E-state index contributed by atoms with van der Waals surface area (Å²) in [4.78, 5) is 15.2. The number of amides is 1. The minimum atomic E-state index is -0.0667. The van der Waals surface area contributed by atoms with E-state index in [4.69, 9.17) is 4.74 Å². The smallest absolute Gasteiger partial charge is 0.237 e. The van der Waals surface area contributed by atoms with Crippen molar-refractivity contribution in [3.8, 4) is 0 Å². The molecule has 0 radical (unpaired) electrons. The molecule has 5 unspecified atom stereocenters. The van der Waals surface area contributed by atoms with Crippen LogP contribution in [-0.2, 0) is 9.53 Å². The highest BCUT2D eigenvalue weighted by molar-refractivity contribution is 5.82. The quantitative estimate of drug-likeness (QED) is 0.823. The first kappa shape index (κ1) is 17.7. The van der Waals surface area contributed by atoms with Crippen molar-refractivity contribution in [1.82, 2.24) is 15.5 Å². The standard InChI is InChI=1S/C17H33N3O2/c1-11(2)16(20-9-12(3)22-13(4)10-20)17(21)19-15-7-6-8-18-14(15)5/h11-16,18H,6-10H2,1-5H3,(H,19,21). The van der Waals surface area contributed by atoms with Gasteiger partial charge in [-0.3, -0.25) is 9.69 Å². The molecule has 0 bridgehead atoms. The zero-order valence-electron chi connectivity index (χ0n) is 14.8. The summed E-state index contributed by atoms with van der Waals surface area (Å²) in [5.74, 6) is 0.473. The highest BCUT2D eigenvalue weighted by Gasteiger charge is 2.35. The van der Waals surface area contributed by atoms with E-state index in [9.17, 15) is 4.79 Å². The average Bonchev–Trinajstić information content (AvgIpc) is 2.40. The van der Waals surface area contributed by atoms with Crippen molar-refractivity contribution in [1.29, 1.82) is 0 Å². The molecule has 0 aliphatic carbocycles. The Balaban J connectivity index is 2.01. The molecule has 2 rings (SSSR count). The molecule has 0 aromatic carbocycles. The van der Waals surface area contributed by atoms with E-state index in [1.54, 1.807) is 0 Å². The second-order valence-corrected chi connectivity index (χ2v) is 7.40. The van der Waals surface area contributed by atoms with E-state index in [1.807, 2.05) is 0 Å². The molecule has 0 saturated carbocycles. The van der Waals surface area contributed by atoms with Crippen LogP contribution in [0, 0.1) is 5.92 Å². The monoisotopic (exact) mass is 311 g/mol. The molecule has 5 heteroatoms. The molecule has 0 spiro atoms. The Morgan fingerprint density at radius 3 is 2.41 bits per heavy atom. The lowest BCUT2D eigenvalue weighted by atomic mass is 9.96. The summed E-state index contributed by atoms with van der Waals surface area (Å²) in [6, 6.07) is 0.536. The summed E-state index contributed by atoms with van der Waals surface area (Å²) < 4.78 is 5.81. The van der Waals surface area contributed by atoms with E-state index >= 15 is 0 Å². The maximum atomic E-state index is 12.9. The molecule has 2 N–H and O–H groups in total. The molecular formula is C17H33N3O2. The van der Waals surface area contributed by atoms with Gasteiger partial charge in [0.2, 0.25) is 5.91 Å². The van der Waals surface area contributed by atoms with Crippen LogP contribution in [0.25, 0.3) is 0 Å².